The molecule has 128 valence electrons. The summed E-state index contributed by atoms with van der Waals surface area (Å²) in [5.41, 5.74) is 5.86. The summed E-state index contributed by atoms with van der Waals surface area (Å²) in [7, 11) is 1.37. The van der Waals surface area contributed by atoms with Crippen molar-refractivity contribution in [2.75, 3.05) is 13.7 Å². The van der Waals surface area contributed by atoms with Crippen molar-refractivity contribution in [2.45, 2.75) is 13.5 Å². The number of esters is 1. The van der Waals surface area contributed by atoms with E-state index in [0.717, 1.165) is 0 Å². The maximum Gasteiger partial charge on any atom is 0.338 e. The third-order valence-electron chi connectivity index (χ3n) is 2.85. The number of hydrogen-bond donors (Lipinski definition) is 1. The normalized spacial score (nSPS) is 10.3. The maximum absolute atomic E-state index is 12.1. The molecule has 0 aliphatic rings. The molecule has 0 aliphatic carbocycles. The quantitative estimate of drug-likeness (QED) is 0.755. The van der Waals surface area contributed by atoms with Gasteiger partial charge in [0.25, 0.3) is 5.91 Å². The van der Waals surface area contributed by atoms with E-state index in [4.69, 9.17) is 36.1 Å². The van der Waals surface area contributed by atoms with Crippen molar-refractivity contribution in [2.24, 2.45) is 5.73 Å². The number of amides is 1. The van der Waals surface area contributed by atoms with E-state index in [1.807, 2.05) is 0 Å². The largest absolute Gasteiger partial charge is 0.493 e. The monoisotopic (exact) mass is 354 g/mol. The predicted molar refractivity (Wildman–Crippen MR) is 83.1 cm³/mol. The molecular weight excluding hydrogens is 340 g/mol. The van der Waals surface area contributed by atoms with Crippen LogP contribution in [0.25, 0.3) is 0 Å². The lowest BCUT2D eigenvalue weighted by atomic mass is 10.2. The van der Waals surface area contributed by atoms with Gasteiger partial charge in [-0.3, -0.25) is 4.79 Å². The zero-order valence-corrected chi connectivity index (χ0v) is 13.8. The van der Waals surface area contributed by atoms with E-state index in [-0.39, 0.29) is 35.3 Å². The van der Waals surface area contributed by atoms with Gasteiger partial charge in [-0.05, 0) is 19.1 Å². The zero-order chi connectivity index (χ0) is 17.7. The molecule has 2 rings (SSSR count). The summed E-state index contributed by atoms with van der Waals surface area (Å²) in [6.45, 7) is 1.31. The second-order valence-electron chi connectivity index (χ2n) is 4.76. The van der Waals surface area contributed by atoms with Crippen LogP contribution in [0.4, 0.5) is 0 Å². The number of halogens is 1. The standard InChI is InChI=1S/C15H15ClN2O6/c1-8-3-10(24-18-8)6-23-15(20)9-4-11(16)14(12(5-9)21-2)22-7-13(17)19/h3-5H,6-7H2,1-2H3,(H2,17,19). The SMILES string of the molecule is COc1cc(C(=O)OCc2cc(C)no2)cc(Cl)c1OCC(N)=O. The molecule has 1 amide bonds. The molecule has 0 bridgehead atoms. The lowest BCUT2D eigenvalue weighted by molar-refractivity contribution is -0.119. The highest BCUT2D eigenvalue weighted by atomic mass is 35.5. The van der Waals surface area contributed by atoms with Crippen LogP contribution < -0.4 is 15.2 Å². The highest BCUT2D eigenvalue weighted by Crippen LogP contribution is 2.36. The second kappa shape index (κ2) is 7.69. The topological polar surface area (TPSA) is 114 Å². The van der Waals surface area contributed by atoms with Crippen LogP contribution in [0, 0.1) is 6.92 Å². The van der Waals surface area contributed by atoms with Gasteiger partial charge in [-0.1, -0.05) is 16.8 Å². The number of hydrogen-bond acceptors (Lipinski definition) is 7. The van der Waals surface area contributed by atoms with Crippen molar-refractivity contribution in [1.29, 1.82) is 0 Å². The summed E-state index contributed by atoms with van der Waals surface area (Å²) in [4.78, 5) is 22.9. The summed E-state index contributed by atoms with van der Waals surface area (Å²) < 4.78 is 20.4. The third kappa shape index (κ3) is 4.39. The fourth-order valence-electron chi connectivity index (χ4n) is 1.83. The van der Waals surface area contributed by atoms with Gasteiger partial charge in [0.2, 0.25) is 0 Å². The number of aromatic nitrogens is 1. The Hall–Kier alpha value is -2.74. The van der Waals surface area contributed by atoms with Crippen LogP contribution in [0.15, 0.2) is 22.7 Å². The number of rotatable bonds is 7. The first kappa shape index (κ1) is 17.6. The van der Waals surface area contributed by atoms with Crippen LogP contribution in [-0.4, -0.2) is 30.7 Å². The van der Waals surface area contributed by atoms with Crippen LogP contribution in [0.2, 0.25) is 5.02 Å². The fourth-order valence-corrected chi connectivity index (χ4v) is 2.09. The summed E-state index contributed by atoms with van der Waals surface area (Å²) >= 11 is 6.07. The zero-order valence-electron chi connectivity index (χ0n) is 13.0. The molecule has 0 fully saturated rings. The maximum atomic E-state index is 12.1. The highest BCUT2D eigenvalue weighted by Gasteiger charge is 2.18. The molecule has 8 nitrogen and oxygen atoms in total. The van der Waals surface area contributed by atoms with E-state index in [9.17, 15) is 9.59 Å². The van der Waals surface area contributed by atoms with Gasteiger partial charge in [-0.15, -0.1) is 0 Å². The Balaban J connectivity index is 2.13. The lowest BCUT2D eigenvalue weighted by Crippen LogP contribution is -2.20. The molecule has 0 radical (unpaired) electrons. The molecule has 1 aromatic heterocycles. The van der Waals surface area contributed by atoms with Gasteiger partial charge in [0.15, 0.2) is 30.5 Å². The number of carbonyl (C=O) groups excluding carboxylic acids is 2. The molecule has 0 unspecified atom stereocenters. The molecule has 0 saturated heterocycles. The molecule has 0 atom stereocenters. The van der Waals surface area contributed by atoms with Gasteiger partial charge < -0.3 is 24.5 Å². The average Bonchev–Trinajstić information content (AvgIpc) is 2.96. The van der Waals surface area contributed by atoms with Crippen molar-refractivity contribution >= 4 is 23.5 Å². The number of nitrogens with zero attached hydrogens (tertiary/aromatic N) is 1. The third-order valence-corrected chi connectivity index (χ3v) is 3.13. The van der Waals surface area contributed by atoms with Gasteiger partial charge in [0.05, 0.1) is 23.4 Å². The molecule has 1 heterocycles. The first-order chi connectivity index (χ1) is 11.4. The van der Waals surface area contributed by atoms with Crippen molar-refractivity contribution in [3.63, 3.8) is 0 Å². The Morgan fingerprint density at radius 3 is 2.67 bits per heavy atom. The Labute approximate surface area is 142 Å². The van der Waals surface area contributed by atoms with Crippen LogP contribution in [0.5, 0.6) is 11.5 Å². The number of methoxy groups -OCH3 is 1. The van der Waals surface area contributed by atoms with E-state index in [1.165, 1.54) is 19.2 Å². The minimum atomic E-state index is -0.668. The van der Waals surface area contributed by atoms with E-state index >= 15 is 0 Å². The number of nitrogens with two attached hydrogens (primary N) is 1. The van der Waals surface area contributed by atoms with Crippen molar-refractivity contribution in [1.82, 2.24) is 5.16 Å². The van der Waals surface area contributed by atoms with Crippen LogP contribution in [0.3, 0.4) is 0 Å². The van der Waals surface area contributed by atoms with E-state index in [1.54, 1.807) is 13.0 Å². The number of primary amides is 1. The first-order valence-corrected chi connectivity index (χ1v) is 7.16. The van der Waals surface area contributed by atoms with Gasteiger partial charge in [0.1, 0.15) is 0 Å². The number of ether oxygens (including phenoxy) is 3. The Morgan fingerprint density at radius 2 is 2.08 bits per heavy atom. The molecule has 2 N–H and O–H groups in total. The fraction of sp³-hybridized carbons (Fsp3) is 0.267. The van der Waals surface area contributed by atoms with Crippen molar-refractivity contribution < 1.29 is 28.3 Å². The van der Waals surface area contributed by atoms with E-state index < -0.39 is 11.9 Å². The Morgan fingerprint density at radius 1 is 1.33 bits per heavy atom. The van der Waals surface area contributed by atoms with Gasteiger partial charge in [-0.2, -0.15) is 0 Å². The average molecular weight is 355 g/mol. The summed E-state index contributed by atoms with van der Waals surface area (Å²) in [5.74, 6) is -0.600. The van der Waals surface area contributed by atoms with Crippen molar-refractivity contribution in [3.8, 4) is 11.5 Å². The van der Waals surface area contributed by atoms with Crippen LogP contribution in [-0.2, 0) is 16.1 Å². The van der Waals surface area contributed by atoms with Gasteiger partial charge in [0, 0.05) is 6.07 Å². The first-order valence-electron chi connectivity index (χ1n) is 6.78. The number of carbonyl (C=O) groups is 2. The molecular formula is C15H15ClN2O6. The minimum Gasteiger partial charge on any atom is -0.493 e. The van der Waals surface area contributed by atoms with E-state index in [0.29, 0.717) is 11.5 Å². The molecule has 0 spiro atoms. The number of benzene rings is 1. The summed E-state index contributed by atoms with van der Waals surface area (Å²) in [5, 5.41) is 3.77. The molecule has 1 aromatic carbocycles. The smallest absolute Gasteiger partial charge is 0.338 e. The summed E-state index contributed by atoms with van der Waals surface area (Å²) in [6.07, 6.45) is 0. The Kier molecular flexibility index (Phi) is 5.64. The number of aryl methyl sites for hydroxylation is 1. The van der Waals surface area contributed by atoms with E-state index in [2.05, 4.69) is 5.16 Å². The minimum absolute atomic E-state index is 0.0699. The molecule has 9 heteroatoms. The second-order valence-corrected chi connectivity index (χ2v) is 5.16. The molecule has 0 saturated carbocycles. The summed E-state index contributed by atoms with van der Waals surface area (Å²) in [6, 6.07) is 4.38. The van der Waals surface area contributed by atoms with Crippen LogP contribution in [0.1, 0.15) is 21.8 Å². The molecule has 0 aliphatic heterocycles. The van der Waals surface area contributed by atoms with Crippen LogP contribution >= 0.6 is 11.6 Å². The highest BCUT2D eigenvalue weighted by molar-refractivity contribution is 6.32. The van der Waals surface area contributed by atoms with Gasteiger partial charge in [-0.25, -0.2) is 4.79 Å². The molecule has 2 aromatic rings. The van der Waals surface area contributed by atoms with Gasteiger partial charge >= 0.3 is 5.97 Å². The molecule has 24 heavy (non-hydrogen) atoms. The van der Waals surface area contributed by atoms with Crippen molar-refractivity contribution in [3.05, 3.63) is 40.2 Å². The predicted octanol–water partition coefficient (Wildman–Crippen LogP) is 1.87. The Bertz CT molecular complexity index is 758. The lowest BCUT2D eigenvalue weighted by Gasteiger charge is -2.13.